The lowest BCUT2D eigenvalue weighted by Crippen LogP contribution is -2.09. The highest BCUT2D eigenvalue weighted by molar-refractivity contribution is 9.10. The van der Waals surface area contributed by atoms with Gasteiger partial charge in [-0.25, -0.2) is 9.78 Å². The molecule has 0 spiro atoms. The SMILES string of the molecule is CCOC(=O)c1cc(C)ccc1Cc1cnc(Br)c(C)c1. The molecule has 1 aromatic heterocycles. The molecule has 110 valence electrons. The number of aryl methyl sites for hydroxylation is 2. The third-order valence-electron chi connectivity index (χ3n) is 3.23. The van der Waals surface area contributed by atoms with E-state index in [1.54, 1.807) is 0 Å². The van der Waals surface area contributed by atoms with Gasteiger partial charge in [-0.2, -0.15) is 0 Å². The van der Waals surface area contributed by atoms with Crippen molar-refractivity contribution in [1.82, 2.24) is 4.98 Å². The molecule has 0 N–H and O–H groups in total. The second-order valence-corrected chi connectivity index (χ2v) is 5.76. The topological polar surface area (TPSA) is 39.2 Å². The Balaban J connectivity index is 2.34. The highest BCUT2D eigenvalue weighted by atomic mass is 79.9. The molecule has 0 fully saturated rings. The van der Waals surface area contributed by atoms with Gasteiger partial charge in [-0.3, -0.25) is 0 Å². The fourth-order valence-corrected chi connectivity index (χ4v) is 2.39. The van der Waals surface area contributed by atoms with Gasteiger partial charge in [-0.15, -0.1) is 0 Å². The lowest BCUT2D eigenvalue weighted by molar-refractivity contribution is 0.0525. The molecule has 0 amide bonds. The van der Waals surface area contributed by atoms with Crippen LogP contribution in [0.4, 0.5) is 0 Å². The van der Waals surface area contributed by atoms with Crippen molar-refractivity contribution in [1.29, 1.82) is 0 Å². The van der Waals surface area contributed by atoms with Crippen LogP contribution in [0.25, 0.3) is 0 Å². The first-order valence-corrected chi connectivity index (χ1v) is 7.68. The van der Waals surface area contributed by atoms with Crippen LogP contribution in [-0.2, 0) is 11.2 Å². The Kier molecular flexibility index (Phi) is 5.12. The van der Waals surface area contributed by atoms with Crippen molar-refractivity contribution < 1.29 is 9.53 Å². The number of ether oxygens (including phenoxy) is 1. The zero-order valence-corrected chi connectivity index (χ0v) is 14.0. The summed E-state index contributed by atoms with van der Waals surface area (Å²) in [6.45, 7) is 6.17. The van der Waals surface area contributed by atoms with E-state index in [0.29, 0.717) is 18.6 Å². The molecule has 0 aliphatic rings. The van der Waals surface area contributed by atoms with Crippen LogP contribution < -0.4 is 0 Å². The average Bonchev–Trinajstić information content (AvgIpc) is 2.45. The van der Waals surface area contributed by atoms with Gasteiger partial charge in [0.25, 0.3) is 0 Å². The Bertz CT molecular complexity index is 668. The smallest absolute Gasteiger partial charge is 0.338 e. The Morgan fingerprint density at radius 1 is 1.29 bits per heavy atom. The molecule has 4 heteroatoms. The highest BCUT2D eigenvalue weighted by Gasteiger charge is 2.13. The molecule has 0 radical (unpaired) electrons. The summed E-state index contributed by atoms with van der Waals surface area (Å²) in [6.07, 6.45) is 2.49. The van der Waals surface area contributed by atoms with Crippen LogP contribution in [0.3, 0.4) is 0 Å². The van der Waals surface area contributed by atoms with Crippen molar-refractivity contribution in [2.45, 2.75) is 27.2 Å². The monoisotopic (exact) mass is 347 g/mol. The molecule has 1 heterocycles. The van der Waals surface area contributed by atoms with E-state index in [2.05, 4.69) is 27.0 Å². The maximum Gasteiger partial charge on any atom is 0.338 e. The zero-order chi connectivity index (χ0) is 15.4. The van der Waals surface area contributed by atoms with E-state index in [1.165, 1.54) is 0 Å². The maximum absolute atomic E-state index is 12.1. The van der Waals surface area contributed by atoms with Crippen LogP contribution in [0.1, 0.15) is 39.5 Å². The van der Waals surface area contributed by atoms with Gasteiger partial charge in [-0.05, 0) is 65.9 Å². The van der Waals surface area contributed by atoms with Gasteiger partial charge >= 0.3 is 5.97 Å². The number of hydrogen-bond donors (Lipinski definition) is 0. The fraction of sp³-hybridized carbons (Fsp3) is 0.294. The first kappa shape index (κ1) is 15.7. The van der Waals surface area contributed by atoms with E-state index < -0.39 is 0 Å². The first-order chi connectivity index (χ1) is 10.0. The van der Waals surface area contributed by atoms with Crippen LogP contribution in [0.15, 0.2) is 35.1 Å². The molecule has 21 heavy (non-hydrogen) atoms. The molecule has 0 aliphatic carbocycles. The quantitative estimate of drug-likeness (QED) is 0.613. The van der Waals surface area contributed by atoms with Crippen molar-refractivity contribution in [3.8, 4) is 0 Å². The van der Waals surface area contributed by atoms with Crippen LogP contribution >= 0.6 is 15.9 Å². The summed E-state index contributed by atoms with van der Waals surface area (Å²) in [7, 11) is 0. The summed E-state index contributed by atoms with van der Waals surface area (Å²) in [5.41, 5.74) is 4.80. The van der Waals surface area contributed by atoms with Crippen LogP contribution in [0, 0.1) is 13.8 Å². The van der Waals surface area contributed by atoms with Crippen LogP contribution in [0.2, 0.25) is 0 Å². The summed E-state index contributed by atoms with van der Waals surface area (Å²) in [5.74, 6) is -0.266. The number of nitrogens with zero attached hydrogens (tertiary/aromatic N) is 1. The van der Waals surface area contributed by atoms with E-state index in [9.17, 15) is 4.79 Å². The van der Waals surface area contributed by atoms with Crippen LogP contribution in [0.5, 0.6) is 0 Å². The summed E-state index contributed by atoms with van der Waals surface area (Å²) in [5, 5.41) is 0. The number of benzene rings is 1. The summed E-state index contributed by atoms with van der Waals surface area (Å²) < 4.78 is 5.99. The minimum Gasteiger partial charge on any atom is -0.462 e. The van der Waals surface area contributed by atoms with Crippen LogP contribution in [-0.4, -0.2) is 17.6 Å². The normalized spacial score (nSPS) is 10.5. The van der Waals surface area contributed by atoms with Crippen molar-refractivity contribution in [3.05, 3.63) is 62.9 Å². The van der Waals surface area contributed by atoms with E-state index in [1.807, 2.05) is 45.2 Å². The molecule has 0 atom stereocenters. The Hall–Kier alpha value is -1.68. The standard InChI is InChI=1S/C17H18BrNO2/c1-4-21-17(20)15-7-11(2)5-6-14(15)9-13-8-12(3)16(18)19-10-13/h5-8,10H,4,9H2,1-3H3. The van der Waals surface area contributed by atoms with Gasteiger partial charge < -0.3 is 4.74 Å². The van der Waals surface area contributed by atoms with E-state index >= 15 is 0 Å². The number of halogens is 1. The van der Waals surface area contributed by atoms with Gasteiger partial charge in [0, 0.05) is 6.20 Å². The maximum atomic E-state index is 12.1. The van der Waals surface area contributed by atoms with Crippen molar-refractivity contribution in [2.75, 3.05) is 6.61 Å². The molecular formula is C17H18BrNO2. The average molecular weight is 348 g/mol. The number of carbonyl (C=O) groups excluding carboxylic acids is 1. The molecular weight excluding hydrogens is 330 g/mol. The second-order valence-electron chi connectivity index (χ2n) is 5.01. The molecule has 0 saturated carbocycles. The number of esters is 1. The van der Waals surface area contributed by atoms with Gasteiger partial charge in [0.1, 0.15) is 4.60 Å². The predicted octanol–water partition coefficient (Wildman–Crippen LogP) is 4.23. The molecule has 3 nitrogen and oxygen atoms in total. The van der Waals surface area contributed by atoms with Gasteiger partial charge in [0.2, 0.25) is 0 Å². The molecule has 0 unspecified atom stereocenters. The second kappa shape index (κ2) is 6.85. The van der Waals surface area contributed by atoms with Gasteiger partial charge in [-0.1, -0.05) is 23.8 Å². The lowest BCUT2D eigenvalue weighted by Gasteiger charge is -2.10. The summed E-state index contributed by atoms with van der Waals surface area (Å²) >= 11 is 3.40. The van der Waals surface area contributed by atoms with E-state index in [-0.39, 0.29) is 5.97 Å². The van der Waals surface area contributed by atoms with E-state index in [0.717, 1.165) is 26.9 Å². The highest BCUT2D eigenvalue weighted by Crippen LogP contribution is 2.20. The zero-order valence-electron chi connectivity index (χ0n) is 12.4. The molecule has 2 rings (SSSR count). The molecule has 0 aliphatic heterocycles. The summed E-state index contributed by atoms with van der Waals surface area (Å²) in [6, 6.07) is 7.95. The minimum atomic E-state index is -0.266. The Morgan fingerprint density at radius 3 is 2.71 bits per heavy atom. The van der Waals surface area contributed by atoms with Crippen molar-refractivity contribution in [2.24, 2.45) is 0 Å². The van der Waals surface area contributed by atoms with E-state index in [4.69, 9.17) is 4.74 Å². The molecule has 0 saturated heterocycles. The predicted molar refractivity (Wildman–Crippen MR) is 86.6 cm³/mol. The number of carbonyl (C=O) groups is 1. The third kappa shape index (κ3) is 3.91. The van der Waals surface area contributed by atoms with Gasteiger partial charge in [0.15, 0.2) is 0 Å². The Labute approximate surface area is 133 Å². The number of pyridine rings is 1. The minimum absolute atomic E-state index is 0.266. The lowest BCUT2D eigenvalue weighted by atomic mass is 9.98. The van der Waals surface area contributed by atoms with Crippen molar-refractivity contribution in [3.63, 3.8) is 0 Å². The van der Waals surface area contributed by atoms with Crippen molar-refractivity contribution >= 4 is 21.9 Å². The molecule has 2 aromatic rings. The number of hydrogen-bond acceptors (Lipinski definition) is 3. The number of rotatable bonds is 4. The Morgan fingerprint density at radius 2 is 2.05 bits per heavy atom. The first-order valence-electron chi connectivity index (χ1n) is 6.89. The molecule has 0 bridgehead atoms. The molecule has 1 aromatic carbocycles. The fourth-order valence-electron chi connectivity index (χ4n) is 2.18. The summed E-state index contributed by atoms with van der Waals surface area (Å²) in [4.78, 5) is 16.4. The third-order valence-corrected chi connectivity index (χ3v) is 4.06. The number of aromatic nitrogens is 1. The largest absolute Gasteiger partial charge is 0.462 e. The van der Waals surface area contributed by atoms with Gasteiger partial charge in [0.05, 0.1) is 12.2 Å².